The number of carbonyl (C=O) groups is 2. The molecule has 74 valence electrons. The molecule has 0 radical (unpaired) electrons. The predicted molar refractivity (Wildman–Crippen MR) is 47.2 cm³/mol. The molecule has 1 unspecified atom stereocenters. The van der Waals surface area contributed by atoms with Gasteiger partial charge >= 0.3 is 5.97 Å². The minimum atomic E-state index is -0.598. The maximum atomic E-state index is 11.4. The van der Waals surface area contributed by atoms with E-state index in [2.05, 4.69) is 5.32 Å². The maximum Gasteiger partial charge on any atom is 0.318 e. The van der Waals surface area contributed by atoms with E-state index in [0.29, 0.717) is 6.54 Å². The predicted octanol–water partition coefficient (Wildman–Crippen LogP) is 0.117. The van der Waals surface area contributed by atoms with Crippen molar-refractivity contribution in [2.24, 2.45) is 5.92 Å². The molecule has 4 nitrogen and oxygen atoms in total. The molecule has 1 saturated heterocycles. The Morgan fingerprint density at radius 2 is 2.15 bits per heavy atom. The number of hydrogen-bond acceptors (Lipinski definition) is 4. The molecule has 1 aliphatic heterocycles. The number of Topliss-reactive ketones (excluding diaryl/α,β-unsaturated/α-hetero) is 1. The maximum absolute atomic E-state index is 11.4. The SMILES string of the molecule is CC(C)(C)OC(=O)C1CNCC1=O. The highest BCUT2D eigenvalue weighted by Crippen LogP contribution is 2.13. The van der Waals surface area contributed by atoms with Crippen LogP contribution in [0.2, 0.25) is 0 Å². The van der Waals surface area contributed by atoms with Crippen LogP contribution in [0.4, 0.5) is 0 Å². The Kier molecular flexibility index (Phi) is 2.71. The van der Waals surface area contributed by atoms with Crippen LogP contribution in [-0.2, 0) is 14.3 Å². The van der Waals surface area contributed by atoms with E-state index in [1.165, 1.54) is 0 Å². The lowest BCUT2D eigenvalue weighted by Gasteiger charge is -2.21. The Bertz CT molecular complexity index is 230. The van der Waals surface area contributed by atoms with E-state index < -0.39 is 17.5 Å². The Morgan fingerprint density at radius 3 is 2.54 bits per heavy atom. The summed E-state index contributed by atoms with van der Waals surface area (Å²) in [6.07, 6.45) is 0. The molecule has 4 heteroatoms. The number of ketones is 1. The first-order valence-corrected chi connectivity index (χ1v) is 4.36. The highest BCUT2D eigenvalue weighted by molar-refractivity contribution is 6.01. The van der Waals surface area contributed by atoms with E-state index >= 15 is 0 Å². The van der Waals surface area contributed by atoms with Crippen molar-refractivity contribution in [1.82, 2.24) is 5.32 Å². The summed E-state index contributed by atoms with van der Waals surface area (Å²) in [4.78, 5) is 22.5. The Morgan fingerprint density at radius 1 is 1.54 bits per heavy atom. The zero-order valence-corrected chi connectivity index (χ0v) is 8.22. The molecule has 0 amide bonds. The fourth-order valence-corrected chi connectivity index (χ4v) is 1.16. The van der Waals surface area contributed by atoms with E-state index in [-0.39, 0.29) is 12.3 Å². The molecular formula is C9H15NO3. The van der Waals surface area contributed by atoms with Crippen LogP contribution in [0.3, 0.4) is 0 Å². The van der Waals surface area contributed by atoms with Crippen LogP contribution in [0, 0.1) is 5.92 Å². The number of rotatable bonds is 1. The van der Waals surface area contributed by atoms with Crippen molar-refractivity contribution in [3.63, 3.8) is 0 Å². The van der Waals surface area contributed by atoms with Gasteiger partial charge in [-0.3, -0.25) is 9.59 Å². The minimum Gasteiger partial charge on any atom is -0.459 e. The number of ether oxygens (including phenoxy) is 1. The van der Waals surface area contributed by atoms with E-state index in [9.17, 15) is 9.59 Å². The zero-order chi connectivity index (χ0) is 10.1. The van der Waals surface area contributed by atoms with Crippen molar-refractivity contribution in [1.29, 1.82) is 0 Å². The van der Waals surface area contributed by atoms with Gasteiger partial charge in [-0.25, -0.2) is 0 Å². The Balaban J connectivity index is 2.53. The fourth-order valence-electron chi connectivity index (χ4n) is 1.16. The standard InChI is InChI=1S/C9H15NO3/c1-9(2,3)13-8(12)6-4-10-5-7(6)11/h6,10H,4-5H2,1-3H3. The molecule has 0 aliphatic carbocycles. The molecule has 0 saturated carbocycles. The number of hydrogen-bond donors (Lipinski definition) is 1. The summed E-state index contributed by atoms with van der Waals surface area (Å²) in [5.41, 5.74) is -0.514. The van der Waals surface area contributed by atoms with Crippen LogP contribution in [0.1, 0.15) is 20.8 Å². The molecule has 13 heavy (non-hydrogen) atoms. The third-order valence-electron chi connectivity index (χ3n) is 1.73. The largest absolute Gasteiger partial charge is 0.459 e. The van der Waals surface area contributed by atoms with Gasteiger partial charge in [-0.1, -0.05) is 0 Å². The topological polar surface area (TPSA) is 55.4 Å². The van der Waals surface area contributed by atoms with Gasteiger partial charge in [0.15, 0.2) is 5.78 Å². The molecule has 1 aliphatic rings. The highest BCUT2D eigenvalue weighted by atomic mass is 16.6. The first-order valence-electron chi connectivity index (χ1n) is 4.36. The van der Waals surface area contributed by atoms with E-state index in [1.807, 2.05) is 0 Å². The normalized spacial score (nSPS) is 23.3. The van der Waals surface area contributed by atoms with Crippen LogP contribution in [-0.4, -0.2) is 30.4 Å². The molecule has 0 aromatic carbocycles. The molecule has 0 aromatic heterocycles. The fraction of sp³-hybridized carbons (Fsp3) is 0.778. The molecule has 1 fully saturated rings. The summed E-state index contributed by atoms with van der Waals surface area (Å²) in [6.45, 7) is 6.06. The van der Waals surface area contributed by atoms with E-state index in [0.717, 1.165) is 0 Å². The lowest BCUT2D eigenvalue weighted by atomic mass is 10.1. The van der Waals surface area contributed by atoms with Crippen molar-refractivity contribution in [2.75, 3.05) is 13.1 Å². The molecule has 0 aromatic rings. The molecule has 1 rings (SSSR count). The number of nitrogens with one attached hydrogen (secondary N) is 1. The monoisotopic (exact) mass is 185 g/mol. The first kappa shape index (κ1) is 10.2. The molecule has 1 N–H and O–H groups in total. The minimum absolute atomic E-state index is 0.0748. The van der Waals surface area contributed by atoms with Crippen molar-refractivity contribution in [3.05, 3.63) is 0 Å². The van der Waals surface area contributed by atoms with Gasteiger partial charge in [-0.2, -0.15) is 0 Å². The second-order valence-corrected chi connectivity index (χ2v) is 4.18. The third-order valence-corrected chi connectivity index (χ3v) is 1.73. The smallest absolute Gasteiger partial charge is 0.318 e. The summed E-state index contributed by atoms with van der Waals surface area (Å²) in [6, 6.07) is 0. The second kappa shape index (κ2) is 3.46. The summed E-state index contributed by atoms with van der Waals surface area (Å²) in [7, 11) is 0. The van der Waals surface area contributed by atoms with Crippen molar-refractivity contribution in [2.45, 2.75) is 26.4 Å². The molecule has 1 heterocycles. The first-order chi connectivity index (χ1) is 5.90. The van der Waals surface area contributed by atoms with Gasteiger partial charge in [0.05, 0.1) is 6.54 Å². The molecule has 0 bridgehead atoms. The van der Waals surface area contributed by atoms with Gasteiger partial charge in [0.1, 0.15) is 11.5 Å². The summed E-state index contributed by atoms with van der Waals surface area (Å²) in [5, 5.41) is 2.84. The van der Waals surface area contributed by atoms with E-state index in [4.69, 9.17) is 4.74 Å². The van der Waals surface area contributed by atoms with Crippen LogP contribution >= 0.6 is 0 Å². The summed E-state index contributed by atoms with van der Waals surface area (Å²) >= 11 is 0. The summed E-state index contributed by atoms with van der Waals surface area (Å²) < 4.78 is 5.09. The van der Waals surface area contributed by atoms with Crippen LogP contribution in [0.25, 0.3) is 0 Å². The highest BCUT2D eigenvalue weighted by Gasteiger charge is 2.34. The Hall–Kier alpha value is -0.900. The zero-order valence-electron chi connectivity index (χ0n) is 8.22. The van der Waals surface area contributed by atoms with E-state index in [1.54, 1.807) is 20.8 Å². The van der Waals surface area contributed by atoms with Crippen LogP contribution in [0.5, 0.6) is 0 Å². The van der Waals surface area contributed by atoms with Gasteiger partial charge < -0.3 is 10.1 Å². The lowest BCUT2D eigenvalue weighted by Crippen LogP contribution is -2.32. The third kappa shape index (κ3) is 2.81. The van der Waals surface area contributed by atoms with Gasteiger partial charge in [-0.05, 0) is 20.8 Å². The van der Waals surface area contributed by atoms with Gasteiger partial charge in [0.25, 0.3) is 0 Å². The van der Waals surface area contributed by atoms with Gasteiger partial charge in [-0.15, -0.1) is 0 Å². The summed E-state index contributed by atoms with van der Waals surface area (Å²) in [5.74, 6) is -1.09. The number of carbonyl (C=O) groups excluding carboxylic acids is 2. The number of esters is 1. The molecular weight excluding hydrogens is 170 g/mol. The quantitative estimate of drug-likeness (QED) is 0.465. The van der Waals surface area contributed by atoms with Crippen molar-refractivity contribution >= 4 is 11.8 Å². The van der Waals surface area contributed by atoms with Gasteiger partial charge in [0, 0.05) is 6.54 Å². The lowest BCUT2D eigenvalue weighted by molar-refractivity contribution is -0.160. The molecule has 1 atom stereocenters. The molecule has 0 spiro atoms. The van der Waals surface area contributed by atoms with Crippen LogP contribution < -0.4 is 5.32 Å². The second-order valence-electron chi connectivity index (χ2n) is 4.18. The van der Waals surface area contributed by atoms with Crippen molar-refractivity contribution < 1.29 is 14.3 Å². The van der Waals surface area contributed by atoms with Crippen molar-refractivity contribution in [3.8, 4) is 0 Å². The van der Waals surface area contributed by atoms with Crippen LogP contribution in [0.15, 0.2) is 0 Å². The Labute approximate surface area is 77.6 Å². The average molecular weight is 185 g/mol. The average Bonchev–Trinajstić information content (AvgIpc) is 2.30. The van der Waals surface area contributed by atoms with Gasteiger partial charge in [0.2, 0.25) is 0 Å².